The Balaban J connectivity index is 2.67. The zero-order valence-electron chi connectivity index (χ0n) is 5.98. The molecule has 12 heavy (non-hydrogen) atoms. The van der Waals surface area contributed by atoms with E-state index in [2.05, 4.69) is 0 Å². The highest BCUT2D eigenvalue weighted by Gasteiger charge is 2.28. The van der Waals surface area contributed by atoms with Crippen LogP contribution in [0.3, 0.4) is 0 Å². The van der Waals surface area contributed by atoms with Gasteiger partial charge in [-0.25, -0.2) is 0 Å². The second-order valence-electron chi connectivity index (χ2n) is 2.45. The molecule has 1 aromatic carbocycles. The zero-order chi connectivity index (χ0) is 8.72. The lowest BCUT2D eigenvalue weighted by atomic mass is 10.1. The number of imide groups is 1. The van der Waals surface area contributed by atoms with Gasteiger partial charge in [0.25, 0.3) is 11.8 Å². The van der Waals surface area contributed by atoms with E-state index in [1.54, 1.807) is 12.1 Å². The maximum Gasteiger partial charge on any atom is 0.250 e. The Morgan fingerprint density at radius 1 is 1.00 bits per heavy atom. The normalized spacial score (nSPS) is 15.2. The summed E-state index contributed by atoms with van der Waals surface area (Å²) in [7, 11) is 0. The molecule has 4 nitrogen and oxygen atoms in total. The third-order valence-electron chi connectivity index (χ3n) is 1.76. The van der Waals surface area contributed by atoms with E-state index >= 15 is 0 Å². The first-order chi connectivity index (χ1) is 5.72. The van der Waals surface area contributed by atoms with Crippen LogP contribution in [0.2, 0.25) is 0 Å². The van der Waals surface area contributed by atoms with Crippen molar-refractivity contribution in [2.75, 3.05) is 0 Å². The molecule has 60 valence electrons. The average Bonchev–Trinajstić information content (AvgIpc) is 2.33. The van der Waals surface area contributed by atoms with Crippen molar-refractivity contribution in [2.45, 2.75) is 0 Å². The van der Waals surface area contributed by atoms with Gasteiger partial charge >= 0.3 is 0 Å². The predicted molar refractivity (Wildman–Crippen MR) is 40.3 cm³/mol. The standard InChI is InChI=1S/C8H4NO3/c10-7-5-3-1-2-4-6(5)8(11)9(7)12/h1-4H/q-1. The van der Waals surface area contributed by atoms with E-state index in [-0.39, 0.29) is 16.2 Å². The van der Waals surface area contributed by atoms with Crippen molar-refractivity contribution in [3.05, 3.63) is 40.6 Å². The first kappa shape index (κ1) is 7.00. The van der Waals surface area contributed by atoms with Gasteiger partial charge in [-0.1, -0.05) is 12.1 Å². The van der Waals surface area contributed by atoms with Gasteiger partial charge in [-0.15, -0.1) is 0 Å². The van der Waals surface area contributed by atoms with Crippen molar-refractivity contribution in [3.8, 4) is 0 Å². The molecule has 1 aliphatic rings. The van der Waals surface area contributed by atoms with Gasteiger partial charge in [-0.2, -0.15) is 0 Å². The van der Waals surface area contributed by atoms with Gasteiger partial charge in [-0.05, 0) is 12.1 Å². The van der Waals surface area contributed by atoms with E-state index in [1.807, 2.05) is 0 Å². The molecular weight excluding hydrogens is 158 g/mol. The largest absolute Gasteiger partial charge is 0.749 e. The van der Waals surface area contributed by atoms with Crippen LogP contribution in [0.4, 0.5) is 0 Å². The maximum atomic E-state index is 11.0. The number of fused-ring (bicyclic) bond motifs is 1. The van der Waals surface area contributed by atoms with Crippen LogP contribution in [0.25, 0.3) is 0 Å². The number of amides is 2. The summed E-state index contributed by atoms with van der Waals surface area (Å²) in [6.45, 7) is 0. The number of hydrogen-bond acceptors (Lipinski definition) is 3. The highest BCUT2D eigenvalue weighted by Crippen LogP contribution is 2.20. The van der Waals surface area contributed by atoms with Crippen molar-refractivity contribution < 1.29 is 9.59 Å². The Morgan fingerprint density at radius 2 is 1.42 bits per heavy atom. The summed E-state index contributed by atoms with van der Waals surface area (Å²) in [6.07, 6.45) is 0. The summed E-state index contributed by atoms with van der Waals surface area (Å²) in [6, 6.07) is 6.16. The second-order valence-corrected chi connectivity index (χ2v) is 2.45. The van der Waals surface area contributed by atoms with Crippen LogP contribution >= 0.6 is 0 Å². The molecule has 0 atom stereocenters. The van der Waals surface area contributed by atoms with Gasteiger partial charge in [0.15, 0.2) is 0 Å². The molecule has 0 fully saturated rings. The lowest BCUT2D eigenvalue weighted by Crippen LogP contribution is -2.22. The number of carbonyl (C=O) groups is 2. The van der Waals surface area contributed by atoms with E-state index < -0.39 is 11.8 Å². The fourth-order valence-electron chi connectivity index (χ4n) is 1.17. The Morgan fingerprint density at radius 3 is 1.83 bits per heavy atom. The molecule has 0 saturated heterocycles. The summed E-state index contributed by atoms with van der Waals surface area (Å²) in [5.41, 5.74) is 0.384. The SMILES string of the molecule is O=C1c2ccccc2C(=O)N1[O-]. The molecule has 0 radical (unpaired) electrons. The predicted octanol–water partition coefficient (Wildman–Crippen LogP) is 0.780. The third-order valence-corrected chi connectivity index (χ3v) is 1.76. The molecule has 0 unspecified atom stereocenters. The average molecular weight is 162 g/mol. The van der Waals surface area contributed by atoms with Crippen molar-refractivity contribution in [1.29, 1.82) is 0 Å². The van der Waals surface area contributed by atoms with Gasteiger partial charge in [0.05, 0.1) is 11.1 Å². The Kier molecular flexibility index (Phi) is 1.25. The van der Waals surface area contributed by atoms with Crippen molar-refractivity contribution in [1.82, 2.24) is 5.06 Å². The Hall–Kier alpha value is -1.68. The summed E-state index contributed by atoms with van der Waals surface area (Å²) >= 11 is 0. The Bertz CT molecular complexity index is 337. The molecule has 1 heterocycles. The van der Waals surface area contributed by atoms with Crippen LogP contribution in [-0.2, 0) is 0 Å². The fourth-order valence-corrected chi connectivity index (χ4v) is 1.17. The minimum Gasteiger partial charge on any atom is -0.749 e. The van der Waals surface area contributed by atoms with Crippen LogP contribution < -0.4 is 0 Å². The fraction of sp³-hybridized carbons (Fsp3) is 0. The first-order valence-electron chi connectivity index (χ1n) is 3.37. The van der Waals surface area contributed by atoms with Crippen LogP contribution in [0, 0.1) is 5.21 Å². The summed E-state index contributed by atoms with van der Waals surface area (Å²) < 4.78 is 0. The molecule has 2 amide bonds. The molecule has 2 rings (SSSR count). The summed E-state index contributed by atoms with van der Waals surface area (Å²) in [5, 5.41) is 10.7. The van der Waals surface area contributed by atoms with E-state index in [0.29, 0.717) is 0 Å². The number of nitrogens with zero attached hydrogens (tertiary/aromatic N) is 1. The Labute approximate surface area is 68.0 Å². The topological polar surface area (TPSA) is 60.4 Å². The van der Waals surface area contributed by atoms with E-state index in [9.17, 15) is 14.8 Å². The maximum absolute atomic E-state index is 11.0. The lowest BCUT2D eigenvalue weighted by molar-refractivity contribution is 0.0722. The number of hydroxylamine groups is 2. The van der Waals surface area contributed by atoms with Crippen LogP contribution in [0.5, 0.6) is 0 Å². The highest BCUT2D eigenvalue weighted by molar-refractivity contribution is 6.21. The molecule has 0 aliphatic carbocycles. The quantitative estimate of drug-likeness (QED) is 0.529. The molecule has 1 aliphatic heterocycles. The van der Waals surface area contributed by atoms with Gasteiger partial charge < -0.3 is 10.3 Å². The summed E-state index contributed by atoms with van der Waals surface area (Å²) in [5.74, 6) is -1.54. The second kappa shape index (κ2) is 2.15. The van der Waals surface area contributed by atoms with Gasteiger partial charge in [-0.3, -0.25) is 9.59 Å². The highest BCUT2D eigenvalue weighted by atomic mass is 16.5. The molecule has 0 spiro atoms. The van der Waals surface area contributed by atoms with E-state index in [1.165, 1.54) is 12.1 Å². The zero-order valence-corrected chi connectivity index (χ0v) is 5.98. The van der Waals surface area contributed by atoms with Crippen LogP contribution in [0.15, 0.2) is 24.3 Å². The van der Waals surface area contributed by atoms with E-state index in [0.717, 1.165) is 0 Å². The molecule has 0 bridgehead atoms. The van der Waals surface area contributed by atoms with Gasteiger partial charge in [0.1, 0.15) is 0 Å². The molecule has 0 aromatic heterocycles. The number of hydrogen-bond donors (Lipinski definition) is 0. The minimum atomic E-state index is -0.768. The van der Waals surface area contributed by atoms with Crippen LogP contribution in [0.1, 0.15) is 20.7 Å². The molecular formula is C8H4NO3-. The first-order valence-corrected chi connectivity index (χ1v) is 3.37. The van der Waals surface area contributed by atoms with Gasteiger partial charge in [0, 0.05) is 0 Å². The molecule has 1 aromatic rings. The third kappa shape index (κ3) is 0.695. The number of carbonyl (C=O) groups excluding carboxylic acids is 2. The lowest BCUT2D eigenvalue weighted by Gasteiger charge is -2.17. The van der Waals surface area contributed by atoms with Crippen molar-refractivity contribution in [2.24, 2.45) is 0 Å². The van der Waals surface area contributed by atoms with Crippen molar-refractivity contribution >= 4 is 11.8 Å². The van der Waals surface area contributed by atoms with Crippen molar-refractivity contribution in [3.63, 3.8) is 0 Å². The molecule has 4 heteroatoms. The molecule has 0 N–H and O–H groups in total. The number of rotatable bonds is 0. The number of benzene rings is 1. The van der Waals surface area contributed by atoms with Crippen LogP contribution in [-0.4, -0.2) is 16.9 Å². The minimum absolute atomic E-state index is 0.120. The smallest absolute Gasteiger partial charge is 0.250 e. The summed E-state index contributed by atoms with van der Waals surface area (Å²) in [4.78, 5) is 22.0. The van der Waals surface area contributed by atoms with Gasteiger partial charge in [0.2, 0.25) is 0 Å². The monoisotopic (exact) mass is 162 g/mol. The van der Waals surface area contributed by atoms with E-state index in [4.69, 9.17) is 0 Å². The molecule has 0 saturated carbocycles.